The summed E-state index contributed by atoms with van der Waals surface area (Å²) in [7, 11) is 1.85. The monoisotopic (exact) mass is 416 g/mol. The first kappa shape index (κ1) is 24.1. The summed E-state index contributed by atoms with van der Waals surface area (Å²) < 4.78 is 10.4. The van der Waals surface area contributed by atoms with E-state index in [1.807, 2.05) is 0 Å². The van der Waals surface area contributed by atoms with E-state index in [1.54, 1.807) is 24.8 Å². The Balaban J connectivity index is 2.13. The van der Waals surface area contributed by atoms with Crippen molar-refractivity contribution in [2.75, 3.05) is 39.8 Å². The Morgan fingerprint density at radius 1 is 0.517 bits per heavy atom. The average Bonchev–Trinajstić information content (AvgIpc) is 2.78. The van der Waals surface area contributed by atoms with Gasteiger partial charge in [0.15, 0.2) is 0 Å². The number of ether oxygens (including phenoxy) is 2. The van der Waals surface area contributed by atoms with Gasteiger partial charge in [-0.15, -0.1) is 0 Å². The molecule has 2 nitrogen and oxygen atoms in total. The van der Waals surface area contributed by atoms with Gasteiger partial charge in [-0.05, 0) is 0 Å². The van der Waals surface area contributed by atoms with Crippen molar-refractivity contribution >= 4 is 17.9 Å². The third kappa shape index (κ3) is 8.21. The molecule has 0 saturated carbocycles. The summed E-state index contributed by atoms with van der Waals surface area (Å²) in [6.45, 7) is 1.78. The van der Waals surface area contributed by atoms with Crippen LogP contribution in [0.2, 0.25) is 0 Å². The zero-order valence-electron chi connectivity index (χ0n) is 18.6. The Morgan fingerprint density at radius 3 is 1.28 bits per heavy atom. The van der Waals surface area contributed by atoms with Gasteiger partial charge in [0, 0.05) is 0 Å². The molecule has 0 bridgehead atoms. The van der Waals surface area contributed by atoms with Crippen LogP contribution in [0.4, 0.5) is 0 Å². The van der Waals surface area contributed by atoms with Crippen LogP contribution in [0.25, 0.3) is 0 Å². The number of hydrogen-bond donors (Lipinski definition) is 0. The van der Waals surface area contributed by atoms with Crippen LogP contribution in [0.1, 0.15) is 51.4 Å². The number of benzene rings is 2. The van der Waals surface area contributed by atoms with Crippen molar-refractivity contribution in [2.24, 2.45) is 0 Å². The molecule has 0 radical (unpaired) electrons. The molecule has 0 fully saturated rings. The molecule has 0 aliphatic carbocycles. The first-order chi connectivity index (χ1) is 14.3. The molecule has 0 N–H and O–H groups in total. The van der Waals surface area contributed by atoms with Crippen molar-refractivity contribution in [3.8, 4) is 0 Å². The first-order valence-electron chi connectivity index (χ1n) is 11.4. The second-order valence-corrected chi connectivity index (χ2v) is 12.4. The summed E-state index contributed by atoms with van der Waals surface area (Å²) in [4.78, 5) is 0. The molecule has 0 aliphatic heterocycles. The molecule has 0 amide bonds. The van der Waals surface area contributed by atoms with Gasteiger partial charge in [0.25, 0.3) is 0 Å². The summed E-state index contributed by atoms with van der Waals surface area (Å²) in [6.07, 6.45) is 12.9. The molecular formula is C26H41O2P. The van der Waals surface area contributed by atoms with Crippen LogP contribution in [0.3, 0.4) is 0 Å². The van der Waals surface area contributed by atoms with E-state index in [2.05, 4.69) is 60.7 Å². The van der Waals surface area contributed by atoms with Crippen LogP contribution in [0.5, 0.6) is 0 Å². The second kappa shape index (κ2) is 14.7. The van der Waals surface area contributed by atoms with Crippen LogP contribution in [0.15, 0.2) is 60.7 Å². The van der Waals surface area contributed by atoms with Crippen LogP contribution in [0, 0.1) is 0 Å². The molecule has 0 aromatic heterocycles. The van der Waals surface area contributed by atoms with Gasteiger partial charge >= 0.3 is 179 Å². The Bertz CT molecular complexity index is 572. The number of hydrogen-bond acceptors (Lipinski definition) is 2. The third-order valence-electron chi connectivity index (χ3n) is 6.06. The van der Waals surface area contributed by atoms with Gasteiger partial charge in [-0.25, -0.2) is 0 Å². The maximum atomic E-state index is 5.22. The fourth-order valence-electron chi connectivity index (χ4n) is 4.44. The van der Waals surface area contributed by atoms with Crippen LogP contribution in [-0.4, -0.2) is 39.8 Å². The van der Waals surface area contributed by atoms with E-state index in [-0.39, 0.29) is 0 Å². The molecule has 0 heterocycles. The molecule has 2 aromatic rings. The summed E-state index contributed by atoms with van der Waals surface area (Å²) in [5, 5.41) is 3.22. The quantitative estimate of drug-likeness (QED) is 0.254. The van der Waals surface area contributed by atoms with Gasteiger partial charge in [0.1, 0.15) is 0 Å². The molecular weight excluding hydrogens is 375 g/mol. The molecule has 0 aliphatic rings. The minimum absolute atomic E-state index is 0.890. The zero-order valence-corrected chi connectivity index (χ0v) is 19.6. The summed E-state index contributed by atoms with van der Waals surface area (Å²) in [5.41, 5.74) is 0. The Morgan fingerprint density at radius 2 is 0.897 bits per heavy atom. The molecule has 0 atom stereocenters. The molecule has 29 heavy (non-hydrogen) atoms. The fourth-order valence-corrected chi connectivity index (χ4v) is 9.54. The zero-order chi connectivity index (χ0) is 20.6. The number of unbranched alkanes of at least 4 members (excludes halogenated alkanes) is 6. The van der Waals surface area contributed by atoms with E-state index in [4.69, 9.17) is 9.47 Å². The van der Waals surface area contributed by atoms with E-state index in [1.165, 1.54) is 63.7 Å². The minimum atomic E-state index is -1.75. The van der Waals surface area contributed by atoms with Gasteiger partial charge in [0.05, 0.1) is 0 Å². The molecule has 0 unspecified atom stereocenters. The molecule has 2 rings (SSSR count). The van der Waals surface area contributed by atoms with Gasteiger partial charge in [-0.1, -0.05) is 0 Å². The first-order valence-corrected chi connectivity index (χ1v) is 13.8. The number of rotatable bonds is 16. The van der Waals surface area contributed by atoms with Crippen molar-refractivity contribution in [3.05, 3.63) is 60.7 Å². The van der Waals surface area contributed by atoms with Crippen molar-refractivity contribution < 1.29 is 9.47 Å². The van der Waals surface area contributed by atoms with Gasteiger partial charge < -0.3 is 0 Å². The molecule has 2 aromatic carbocycles. The van der Waals surface area contributed by atoms with E-state index >= 15 is 0 Å². The fraction of sp³-hybridized carbons (Fsp3) is 0.538. The van der Waals surface area contributed by atoms with Crippen LogP contribution in [-0.2, 0) is 9.47 Å². The predicted octanol–water partition coefficient (Wildman–Crippen LogP) is 5.80. The number of methoxy groups -OCH3 is 2. The Kier molecular flexibility index (Phi) is 12.2. The topological polar surface area (TPSA) is 18.5 Å². The Hall–Kier alpha value is -1.21. The standard InChI is InChI=1S/C26H41O2P/c1-27-21-13-3-5-15-23-29(25-17-9-7-10-18-25,26-19-11-8-12-20-26)24-16-6-4-14-22-28-2/h7-12,17-20,29H,3-6,13-16,21-24H2,1-2H3. The van der Waals surface area contributed by atoms with E-state index in [9.17, 15) is 0 Å². The van der Waals surface area contributed by atoms with Crippen molar-refractivity contribution in [1.29, 1.82) is 0 Å². The van der Waals surface area contributed by atoms with Gasteiger partial charge in [-0.3, -0.25) is 0 Å². The summed E-state index contributed by atoms with van der Waals surface area (Å²) in [6, 6.07) is 22.8. The molecule has 162 valence electrons. The van der Waals surface area contributed by atoms with Crippen molar-refractivity contribution in [1.82, 2.24) is 0 Å². The average molecular weight is 417 g/mol. The third-order valence-corrected chi connectivity index (χ3v) is 11.3. The van der Waals surface area contributed by atoms with Gasteiger partial charge in [0.2, 0.25) is 0 Å². The van der Waals surface area contributed by atoms with Crippen molar-refractivity contribution in [3.63, 3.8) is 0 Å². The Labute approximate surface area is 179 Å². The molecule has 0 spiro atoms. The van der Waals surface area contributed by atoms with E-state index in [0.717, 1.165) is 13.2 Å². The predicted molar refractivity (Wildman–Crippen MR) is 131 cm³/mol. The normalized spacial score (nSPS) is 12.2. The molecule has 0 saturated heterocycles. The van der Waals surface area contributed by atoms with Crippen LogP contribution < -0.4 is 10.6 Å². The SMILES string of the molecule is COCCCCCC[PH](CCCCCCOC)(c1ccccc1)c1ccccc1. The summed E-state index contributed by atoms with van der Waals surface area (Å²) >= 11 is 0. The van der Waals surface area contributed by atoms with Gasteiger partial charge in [-0.2, -0.15) is 0 Å². The summed E-state index contributed by atoms with van der Waals surface area (Å²) in [5.74, 6) is 0. The second-order valence-electron chi connectivity index (χ2n) is 8.13. The van der Waals surface area contributed by atoms with E-state index < -0.39 is 7.26 Å². The van der Waals surface area contributed by atoms with E-state index in [0.29, 0.717) is 0 Å². The molecule has 3 heteroatoms. The maximum absolute atomic E-state index is 5.22. The van der Waals surface area contributed by atoms with Crippen LogP contribution >= 0.6 is 7.26 Å². The van der Waals surface area contributed by atoms with Crippen molar-refractivity contribution in [2.45, 2.75) is 51.4 Å².